The number of benzene rings is 1. The van der Waals surface area contributed by atoms with Crippen molar-refractivity contribution < 1.29 is 27.5 Å². The molecule has 0 atom stereocenters. The molecule has 2 N–H and O–H groups in total. The molecule has 0 aliphatic carbocycles. The van der Waals surface area contributed by atoms with Crippen LogP contribution in [0.2, 0.25) is 0 Å². The van der Waals surface area contributed by atoms with Gasteiger partial charge in [0.1, 0.15) is 6.54 Å². The Morgan fingerprint density at radius 1 is 1.21 bits per heavy atom. The van der Waals surface area contributed by atoms with Crippen molar-refractivity contribution in [3.05, 3.63) is 36.0 Å². The van der Waals surface area contributed by atoms with Crippen LogP contribution in [0, 0.1) is 0 Å². The molecule has 1 heterocycles. The molecule has 2 aromatic rings. The Hall–Kier alpha value is -2.51. The maximum absolute atomic E-state index is 11.9. The lowest BCUT2D eigenvalue weighted by Gasteiger charge is -2.08. The second-order valence-electron chi connectivity index (χ2n) is 5.27. The third-order valence-electron chi connectivity index (χ3n) is 3.35. The van der Waals surface area contributed by atoms with Crippen LogP contribution in [-0.4, -0.2) is 36.2 Å². The molecule has 0 saturated heterocycles. The van der Waals surface area contributed by atoms with E-state index in [1.54, 1.807) is 5.32 Å². The van der Waals surface area contributed by atoms with E-state index in [4.69, 9.17) is 0 Å². The summed E-state index contributed by atoms with van der Waals surface area (Å²) in [4.78, 5) is 25.7. The summed E-state index contributed by atoms with van der Waals surface area (Å²) in [6.07, 6.45) is -1.35. The molecule has 0 radical (unpaired) electrons. The van der Waals surface area contributed by atoms with Gasteiger partial charge < -0.3 is 15.0 Å². The maximum Gasteiger partial charge on any atom is 0.405 e. The predicted molar refractivity (Wildman–Crippen MR) is 81.3 cm³/mol. The molecule has 5 nitrogen and oxygen atoms in total. The van der Waals surface area contributed by atoms with Crippen LogP contribution < -0.4 is 5.32 Å². The van der Waals surface area contributed by atoms with Gasteiger partial charge in [-0.3, -0.25) is 9.59 Å². The molecule has 0 aliphatic heterocycles. The fourth-order valence-corrected chi connectivity index (χ4v) is 2.23. The van der Waals surface area contributed by atoms with E-state index in [9.17, 15) is 22.8 Å². The zero-order valence-corrected chi connectivity index (χ0v) is 12.8. The number of aromatic nitrogens is 1. The molecule has 2 rings (SSSR count). The lowest BCUT2D eigenvalue weighted by molar-refractivity contribution is -0.151. The number of aryl methyl sites for hydroxylation is 1. The number of aromatic amines is 1. The monoisotopic (exact) mass is 342 g/mol. The molecule has 1 aromatic heterocycles. The third-order valence-corrected chi connectivity index (χ3v) is 3.35. The number of fused-ring (bicyclic) bond motifs is 1. The molecular formula is C16H17F3N2O3. The average molecular weight is 342 g/mol. The van der Waals surface area contributed by atoms with Crippen LogP contribution in [0.15, 0.2) is 30.5 Å². The molecule has 0 unspecified atom stereocenters. The third kappa shape index (κ3) is 5.60. The molecule has 0 bridgehead atoms. The van der Waals surface area contributed by atoms with Crippen LogP contribution in [0.3, 0.4) is 0 Å². The number of hydrogen-bond donors (Lipinski definition) is 2. The Morgan fingerprint density at radius 3 is 2.71 bits per heavy atom. The summed E-state index contributed by atoms with van der Waals surface area (Å²) >= 11 is 0. The first-order valence-corrected chi connectivity index (χ1v) is 7.39. The number of esters is 1. The van der Waals surface area contributed by atoms with Crippen molar-refractivity contribution in [2.24, 2.45) is 0 Å². The summed E-state index contributed by atoms with van der Waals surface area (Å²) in [6, 6.07) is 7.77. The second kappa shape index (κ2) is 7.85. The molecule has 8 heteroatoms. The number of nitrogens with one attached hydrogen (secondary N) is 2. The Kier molecular flexibility index (Phi) is 5.83. The Labute approximate surface area is 136 Å². The van der Waals surface area contributed by atoms with Crippen molar-refractivity contribution in [1.29, 1.82) is 0 Å². The van der Waals surface area contributed by atoms with Gasteiger partial charge in [0.15, 0.2) is 6.61 Å². The number of alkyl halides is 3. The van der Waals surface area contributed by atoms with Gasteiger partial charge in [-0.1, -0.05) is 18.2 Å². The molecule has 0 aliphatic rings. The normalized spacial score (nSPS) is 11.5. The quantitative estimate of drug-likeness (QED) is 0.760. The zero-order chi connectivity index (χ0) is 17.6. The highest BCUT2D eigenvalue weighted by Crippen LogP contribution is 2.19. The minimum atomic E-state index is -4.49. The molecule has 1 aromatic carbocycles. The minimum absolute atomic E-state index is 0.0893. The van der Waals surface area contributed by atoms with Crippen molar-refractivity contribution in [3.63, 3.8) is 0 Å². The van der Waals surface area contributed by atoms with Crippen LogP contribution in [0.4, 0.5) is 13.2 Å². The first-order valence-electron chi connectivity index (χ1n) is 7.39. The first kappa shape index (κ1) is 17.8. The standard InChI is InChI=1S/C16H17F3N2O3/c17-16(18,19)10-21-14(22)9-24-15(23)7-3-4-11-8-20-13-6-2-1-5-12(11)13/h1-2,5-6,8,20H,3-4,7,9-10H2,(H,21,22). The zero-order valence-electron chi connectivity index (χ0n) is 12.8. The first-order chi connectivity index (χ1) is 11.3. The lowest BCUT2D eigenvalue weighted by atomic mass is 10.1. The van der Waals surface area contributed by atoms with E-state index in [1.807, 2.05) is 30.5 Å². The predicted octanol–water partition coefficient (Wildman–Crippen LogP) is 2.71. The van der Waals surface area contributed by atoms with E-state index < -0.39 is 31.2 Å². The SMILES string of the molecule is O=C(COC(=O)CCCc1c[nH]c2ccccc12)NCC(F)(F)F. The Bertz CT molecular complexity index is 710. The number of carbonyl (C=O) groups is 2. The van der Waals surface area contributed by atoms with E-state index in [0.29, 0.717) is 12.8 Å². The van der Waals surface area contributed by atoms with E-state index in [0.717, 1.165) is 16.5 Å². The fraction of sp³-hybridized carbons (Fsp3) is 0.375. The number of H-pyrrole nitrogens is 1. The number of halogens is 3. The summed E-state index contributed by atoms with van der Waals surface area (Å²) < 4.78 is 40.4. The molecule has 0 saturated carbocycles. The highest BCUT2D eigenvalue weighted by molar-refractivity contribution is 5.83. The van der Waals surface area contributed by atoms with Gasteiger partial charge in [0, 0.05) is 23.5 Å². The average Bonchev–Trinajstić information content (AvgIpc) is 2.94. The van der Waals surface area contributed by atoms with Crippen LogP contribution in [0.1, 0.15) is 18.4 Å². The van der Waals surface area contributed by atoms with Gasteiger partial charge in [0.05, 0.1) is 0 Å². The maximum atomic E-state index is 11.9. The van der Waals surface area contributed by atoms with Crippen molar-refractivity contribution in [2.45, 2.75) is 25.4 Å². The van der Waals surface area contributed by atoms with Crippen molar-refractivity contribution in [1.82, 2.24) is 10.3 Å². The Balaban J connectivity index is 1.67. The molecule has 0 fully saturated rings. The lowest BCUT2D eigenvalue weighted by Crippen LogP contribution is -2.36. The highest BCUT2D eigenvalue weighted by atomic mass is 19.4. The topological polar surface area (TPSA) is 71.2 Å². The van der Waals surface area contributed by atoms with Crippen molar-refractivity contribution in [2.75, 3.05) is 13.2 Å². The summed E-state index contributed by atoms with van der Waals surface area (Å²) in [5.74, 6) is -1.59. The molecule has 0 spiro atoms. The van der Waals surface area contributed by atoms with Gasteiger partial charge in [-0.2, -0.15) is 13.2 Å². The largest absolute Gasteiger partial charge is 0.456 e. The second-order valence-corrected chi connectivity index (χ2v) is 5.27. The molecule has 24 heavy (non-hydrogen) atoms. The number of para-hydroxylation sites is 1. The van der Waals surface area contributed by atoms with Crippen LogP contribution in [0.5, 0.6) is 0 Å². The van der Waals surface area contributed by atoms with Gasteiger partial charge in [-0.05, 0) is 24.5 Å². The van der Waals surface area contributed by atoms with Crippen molar-refractivity contribution >= 4 is 22.8 Å². The van der Waals surface area contributed by atoms with E-state index in [1.165, 1.54) is 0 Å². The van der Waals surface area contributed by atoms with Gasteiger partial charge in [0.25, 0.3) is 5.91 Å². The van der Waals surface area contributed by atoms with Gasteiger partial charge in [0.2, 0.25) is 0 Å². The van der Waals surface area contributed by atoms with E-state index >= 15 is 0 Å². The highest BCUT2D eigenvalue weighted by Gasteiger charge is 2.27. The molecule has 1 amide bonds. The van der Waals surface area contributed by atoms with E-state index in [-0.39, 0.29) is 6.42 Å². The Morgan fingerprint density at radius 2 is 1.96 bits per heavy atom. The van der Waals surface area contributed by atoms with Gasteiger partial charge in [-0.15, -0.1) is 0 Å². The van der Waals surface area contributed by atoms with E-state index in [2.05, 4.69) is 9.72 Å². The van der Waals surface area contributed by atoms with Crippen molar-refractivity contribution in [3.8, 4) is 0 Å². The number of carbonyl (C=O) groups excluding carboxylic acids is 2. The van der Waals surface area contributed by atoms with Gasteiger partial charge in [-0.25, -0.2) is 0 Å². The summed E-state index contributed by atoms with van der Waals surface area (Å²) in [5, 5.41) is 2.71. The molecular weight excluding hydrogens is 325 g/mol. The number of ether oxygens (including phenoxy) is 1. The van der Waals surface area contributed by atoms with Gasteiger partial charge >= 0.3 is 12.1 Å². The van der Waals surface area contributed by atoms with Crippen LogP contribution in [0.25, 0.3) is 10.9 Å². The smallest absolute Gasteiger partial charge is 0.405 e. The minimum Gasteiger partial charge on any atom is -0.456 e. The van der Waals surface area contributed by atoms with Crippen LogP contribution in [-0.2, 0) is 20.7 Å². The summed E-state index contributed by atoms with van der Waals surface area (Å²) in [7, 11) is 0. The summed E-state index contributed by atoms with van der Waals surface area (Å²) in [6.45, 7) is -2.15. The number of amides is 1. The number of rotatable bonds is 7. The van der Waals surface area contributed by atoms with Crippen LogP contribution >= 0.6 is 0 Å². The molecule has 130 valence electrons. The fourth-order valence-electron chi connectivity index (χ4n) is 2.23. The summed E-state index contributed by atoms with van der Waals surface area (Å²) in [5.41, 5.74) is 2.08. The number of hydrogen-bond acceptors (Lipinski definition) is 3.